The number of anilines is 1. The standard InChI is InChI=1S/C19H24N4O2/c1-15(17-5-3-2-4-6-17)22-19(24)21-14-16-7-8-20-18(13-16)23-9-11-25-12-10-23/h2-8,13,15H,9-12,14H2,1H3,(H2,21,22,24)/t15-/m0/s1. The number of benzene rings is 1. The SMILES string of the molecule is C[C@H](NC(=O)NCc1ccnc(N2CCOCC2)c1)c1ccccc1. The third-order valence-electron chi connectivity index (χ3n) is 4.25. The lowest BCUT2D eigenvalue weighted by molar-refractivity contribution is 0.122. The van der Waals surface area contributed by atoms with E-state index in [0.717, 1.165) is 43.2 Å². The molecule has 1 saturated heterocycles. The Labute approximate surface area is 148 Å². The molecule has 0 unspecified atom stereocenters. The van der Waals surface area contributed by atoms with Gasteiger partial charge in [0.15, 0.2) is 0 Å². The first-order valence-corrected chi connectivity index (χ1v) is 8.59. The van der Waals surface area contributed by atoms with Gasteiger partial charge in [-0.05, 0) is 30.2 Å². The molecule has 1 aliphatic rings. The maximum absolute atomic E-state index is 12.1. The lowest BCUT2D eigenvalue weighted by atomic mass is 10.1. The van der Waals surface area contributed by atoms with Gasteiger partial charge in [0.2, 0.25) is 0 Å². The molecule has 6 nitrogen and oxygen atoms in total. The molecule has 0 bridgehead atoms. The maximum atomic E-state index is 12.1. The van der Waals surface area contributed by atoms with Gasteiger partial charge in [-0.3, -0.25) is 0 Å². The summed E-state index contributed by atoms with van der Waals surface area (Å²) in [6.45, 7) is 5.58. The topological polar surface area (TPSA) is 66.5 Å². The Hall–Kier alpha value is -2.60. The molecule has 6 heteroatoms. The number of morpholine rings is 1. The largest absolute Gasteiger partial charge is 0.378 e. The van der Waals surface area contributed by atoms with Crippen molar-refractivity contribution in [2.24, 2.45) is 0 Å². The summed E-state index contributed by atoms with van der Waals surface area (Å²) < 4.78 is 5.37. The van der Waals surface area contributed by atoms with Crippen molar-refractivity contribution in [2.45, 2.75) is 19.5 Å². The number of aromatic nitrogens is 1. The number of nitrogens with zero attached hydrogens (tertiary/aromatic N) is 2. The molecule has 1 aromatic heterocycles. The summed E-state index contributed by atoms with van der Waals surface area (Å²) in [6.07, 6.45) is 1.78. The first-order chi connectivity index (χ1) is 12.2. The van der Waals surface area contributed by atoms with Crippen molar-refractivity contribution in [3.63, 3.8) is 0 Å². The fourth-order valence-corrected chi connectivity index (χ4v) is 2.79. The Kier molecular flexibility index (Phi) is 5.85. The summed E-state index contributed by atoms with van der Waals surface area (Å²) in [4.78, 5) is 18.7. The van der Waals surface area contributed by atoms with Gasteiger partial charge in [-0.1, -0.05) is 30.3 Å². The van der Waals surface area contributed by atoms with Gasteiger partial charge in [0.05, 0.1) is 19.3 Å². The molecule has 0 spiro atoms. The number of carbonyl (C=O) groups excluding carboxylic acids is 1. The van der Waals surface area contributed by atoms with Crippen molar-refractivity contribution in [3.8, 4) is 0 Å². The van der Waals surface area contributed by atoms with Gasteiger partial charge in [0.25, 0.3) is 0 Å². The minimum absolute atomic E-state index is 0.0393. The number of ether oxygens (including phenoxy) is 1. The van der Waals surface area contributed by atoms with Crippen LogP contribution in [-0.2, 0) is 11.3 Å². The molecular formula is C19H24N4O2. The predicted octanol–water partition coefficient (Wildman–Crippen LogP) is 2.48. The molecule has 2 aromatic rings. The normalized spacial score (nSPS) is 15.5. The van der Waals surface area contributed by atoms with Crippen LogP contribution in [0.5, 0.6) is 0 Å². The summed E-state index contributed by atoms with van der Waals surface area (Å²) in [5.41, 5.74) is 2.11. The summed E-state index contributed by atoms with van der Waals surface area (Å²) in [5, 5.41) is 5.86. The molecule has 0 radical (unpaired) electrons. The van der Waals surface area contributed by atoms with Crippen LogP contribution in [0.25, 0.3) is 0 Å². The van der Waals surface area contributed by atoms with Crippen molar-refractivity contribution in [1.29, 1.82) is 0 Å². The highest BCUT2D eigenvalue weighted by Crippen LogP contribution is 2.14. The van der Waals surface area contributed by atoms with E-state index in [2.05, 4.69) is 20.5 Å². The van der Waals surface area contributed by atoms with E-state index >= 15 is 0 Å². The summed E-state index contributed by atoms with van der Waals surface area (Å²) in [5.74, 6) is 0.931. The molecule has 3 rings (SSSR count). The Balaban J connectivity index is 1.52. The van der Waals surface area contributed by atoms with E-state index in [-0.39, 0.29) is 12.1 Å². The number of urea groups is 1. The highest BCUT2D eigenvalue weighted by molar-refractivity contribution is 5.74. The molecule has 132 valence electrons. The first-order valence-electron chi connectivity index (χ1n) is 8.59. The van der Waals surface area contributed by atoms with Crippen LogP contribution in [0.2, 0.25) is 0 Å². The zero-order chi connectivity index (χ0) is 17.5. The first kappa shape index (κ1) is 17.2. The van der Waals surface area contributed by atoms with Crippen LogP contribution in [-0.4, -0.2) is 37.3 Å². The van der Waals surface area contributed by atoms with Gasteiger partial charge in [0, 0.05) is 25.8 Å². The Morgan fingerprint density at radius 2 is 2.00 bits per heavy atom. The molecule has 1 fully saturated rings. The van der Waals surface area contributed by atoms with Crippen molar-refractivity contribution in [1.82, 2.24) is 15.6 Å². The molecule has 1 aliphatic heterocycles. The molecule has 0 saturated carbocycles. The van der Waals surface area contributed by atoms with E-state index in [9.17, 15) is 4.79 Å². The van der Waals surface area contributed by atoms with Crippen LogP contribution in [0.1, 0.15) is 24.1 Å². The fraction of sp³-hybridized carbons (Fsp3) is 0.368. The van der Waals surface area contributed by atoms with E-state index in [0.29, 0.717) is 6.54 Å². The van der Waals surface area contributed by atoms with Crippen molar-refractivity contribution >= 4 is 11.8 Å². The number of pyridine rings is 1. The second kappa shape index (κ2) is 8.48. The third kappa shape index (κ3) is 4.93. The summed E-state index contributed by atoms with van der Waals surface area (Å²) >= 11 is 0. The van der Waals surface area contributed by atoms with Crippen LogP contribution >= 0.6 is 0 Å². The molecule has 1 aromatic carbocycles. The number of nitrogens with one attached hydrogen (secondary N) is 2. The van der Waals surface area contributed by atoms with Gasteiger partial charge >= 0.3 is 6.03 Å². The quantitative estimate of drug-likeness (QED) is 0.877. The van der Waals surface area contributed by atoms with Crippen LogP contribution in [0, 0.1) is 0 Å². The summed E-state index contributed by atoms with van der Waals surface area (Å²) in [7, 11) is 0. The van der Waals surface area contributed by atoms with E-state index in [1.165, 1.54) is 0 Å². The average molecular weight is 340 g/mol. The van der Waals surface area contributed by atoms with Gasteiger partial charge in [-0.15, -0.1) is 0 Å². The Morgan fingerprint density at radius 3 is 2.76 bits per heavy atom. The predicted molar refractivity (Wildman–Crippen MR) is 97.5 cm³/mol. The molecular weight excluding hydrogens is 316 g/mol. The fourth-order valence-electron chi connectivity index (χ4n) is 2.79. The van der Waals surface area contributed by atoms with E-state index in [4.69, 9.17) is 4.74 Å². The number of hydrogen-bond acceptors (Lipinski definition) is 4. The van der Waals surface area contributed by atoms with E-state index < -0.39 is 0 Å². The maximum Gasteiger partial charge on any atom is 0.315 e. The number of hydrogen-bond donors (Lipinski definition) is 2. The van der Waals surface area contributed by atoms with Crippen LogP contribution in [0.15, 0.2) is 48.7 Å². The highest BCUT2D eigenvalue weighted by atomic mass is 16.5. The minimum atomic E-state index is -0.180. The minimum Gasteiger partial charge on any atom is -0.378 e. The van der Waals surface area contributed by atoms with Crippen LogP contribution in [0.3, 0.4) is 0 Å². The highest BCUT2D eigenvalue weighted by Gasteiger charge is 2.13. The van der Waals surface area contributed by atoms with Crippen molar-refractivity contribution in [2.75, 3.05) is 31.2 Å². The second-order valence-corrected chi connectivity index (χ2v) is 6.08. The number of amides is 2. The number of carbonyl (C=O) groups is 1. The van der Waals surface area contributed by atoms with Crippen molar-refractivity contribution in [3.05, 3.63) is 59.8 Å². The summed E-state index contributed by atoms with van der Waals surface area (Å²) in [6, 6.07) is 13.6. The van der Waals surface area contributed by atoms with Crippen LogP contribution in [0.4, 0.5) is 10.6 Å². The van der Waals surface area contributed by atoms with E-state index in [1.54, 1.807) is 6.20 Å². The third-order valence-corrected chi connectivity index (χ3v) is 4.25. The monoisotopic (exact) mass is 340 g/mol. The molecule has 25 heavy (non-hydrogen) atoms. The zero-order valence-electron chi connectivity index (χ0n) is 14.4. The zero-order valence-corrected chi connectivity index (χ0v) is 14.4. The second-order valence-electron chi connectivity index (χ2n) is 6.08. The van der Waals surface area contributed by atoms with Gasteiger partial charge in [-0.25, -0.2) is 9.78 Å². The lowest BCUT2D eigenvalue weighted by Crippen LogP contribution is -2.37. The average Bonchev–Trinajstić information content (AvgIpc) is 2.68. The molecule has 2 amide bonds. The number of rotatable bonds is 5. The Morgan fingerprint density at radius 1 is 1.24 bits per heavy atom. The van der Waals surface area contributed by atoms with E-state index in [1.807, 2.05) is 49.4 Å². The molecule has 2 N–H and O–H groups in total. The smallest absolute Gasteiger partial charge is 0.315 e. The molecule has 1 atom stereocenters. The lowest BCUT2D eigenvalue weighted by Gasteiger charge is -2.28. The Bertz CT molecular complexity index is 687. The van der Waals surface area contributed by atoms with Crippen LogP contribution < -0.4 is 15.5 Å². The van der Waals surface area contributed by atoms with Crippen molar-refractivity contribution < 1.29 is 9.53 Å². The van der Waals surface area contributed by atoms with Gasteiger partial charge in [0.1, 0.15) is 5.82 Å². The molecule has 2 heterocycles. The van der Waals surface area contributed by atoms with Gasteiger partial charge < -0.3 is 20.3 Å². The molecule has 0 aliphatic carbocycles. The van der Waals surface area contributed by atoms with Gasteiger partial charge in [-0.2, -0.15) is 0 Å².